The Hall–Kier alpha value is -0.830. The highest BCUT2D eigenvalue weighted by molar-refractivity contribution is 14.0. The van der Waals surface area contributed by atoms with E-state index in [-0.39, 0.29) is 24.0 Å². The van der Waals surface area contributed by atoms with Crippen molar-refractivity contribution in [1.82, 2.24) is 20.4 Å². The number of hydrogen-bond acceptors (Lipinski definition) is 3. The van der Waals surface area contributed by atoms with Gasteiger partial charge in [-0.15, -0.1) is 24.0 Å². The van der Waals surface area contributed by atoms with E-state index in [0.29, 0.717) is 19.3 Å². The molecule has 0 radical (unpaired) electrons. The fourth-order valence-corrected chi connectivity index (χ4v) is 3.01. The zero-order valence-electron chi connectivity index (χ0n) is 15.7. The summed E-state index contributed by atoms with van der Waals surface area (Å²) in [6.45, 7) is 8.03. The molecule has 0 aromatic carbocycles. The van der Waals surface area contributed by atoms with Gasteiger partial charge in [-0.2, -0.15) is 5.10 Å². The van der Waals surface area contributed by atoms with Crippen LogP contribution in [0.25, 0.3) is 0 Å². The van der Waals surface area contributed by atoms with Gasteiger partial charge in [-0.25, -0.2) is 0 Å². The van der Waals surface area contributed by atoms with Crippen molar-refractivity contribution in [3.63, 3.8) is 0 Å². The number of aliphatic imine (C=N–C) groups is 1. The lowest BCUT2D eigenvalue weighted by molar-refractivity contribution is 0.0487. The summed E-state index contributed by atoms with van der Waals surface area (Å²) in [7, 11) is 0. The Morgan fingerprint density at radius 3 is 2.68 bits per heavy atom. The summed E-state index contributed by atoms with van der Waals surface area (Å²) < 4.78 is 7.94. The molecule has 25 heavy (non-hydrogen) atoms. The maximum absolute atomic E-state index is 5.99. The molecule has 144 valence electrons. The first-order chi connectivity index (χ1) is 11.8. The lowest BCUT2D eigenvalue weighted by Gasteiger charge is -2.15. The number of aromatic nitrogens is 2. The molecule has 1 aliphatic rings. The van der Waals surface area contributed by atoms with Gasteiger partial charge in [-0.3, -0.25) is 9.67 Å². The Morgan fingerprint density at radius 1 is 1.28 bits per heavy atom. The minimum Gasteiger partial charge on any atom is -0.376 e. The van der Waals surface area contributed by atoms with Crippen molar-refractivity contribution in [3.8, 4) is 0 Å². The normalized spacial score (nSPS) is 16.2. The van der Waals surface area contributed by atoms with Crippen LogP contribution in [0.5, 0.6) is 0 Å². The number of rotatable bonds is 8. The summed E-state index contributed by atoms with van der Waals surface area (Å²) in [5, 5.41) is 10.9. The third-order valence-corrected chi connectivity index (χ3v) is 4.26. The zero-order valence-corrected chi connectivity index (χ0v) is 18.0. The van der Waals surface area contributed by atoms with Gasteiger partial charge < -0.3 is 15.4 Å². The lowest BCUT2D eigenvalue weighted by atomic mass is 10.1. The highest BCUT2D eigenvalue weighted by Crippen LogP contribution is 2.19. The van der Waals surface area contributed by atoms with Crippen molar-refractivity contribution in [1.29, 1.82) is 0 Å². The van der Waals surface area contributed by atoms with Gasteiger partial charge in [0.1, 0.15) is 0 Å². The standard InChI is InChI=1S/C18H33N5O.HI/c1-3-19-18(20-10-12-23-15-16(2)14-22-23)21-11-13-24-17-8-6-4-5-7-9-17;/h14-15,17H,3-13H2,1-2H3,(H2,19,20,21);1H. The molecule has 1 heterocycles. The predicted molar refractivity (Wildman–Crippen MR) is 114 cm³/mol. The molecule has 2 N–H and O–H groups in total. The van der Waals surface area contributed by atoms with E-state index in [9.17, 15) is 0 Å². The van der Waals surface area contributed by atoms with Crippen molar-refractivity contribution in [2.75, 3.05) is 26.2 Å². The molecule has 1 saturated carbocycles. The second kappa shape index (κ2) is 13.4. The van der Waals surface area contributed by atoms with E-state index >= 15 is 0 Å². The number of halogens is 1. The molecule has 0 spiro atoms. The first-order valence-electron chi connectivity index (χ1n) is 9.40. The van der Waals surface area contributed by atoms with Crippen LogP contribution in [0.3, 0.4) is 0 Å². The van der Waals surface area contributed by atoms with Crippen molar-refractivity contribution in [3.05, 3.63) is 18.0 Å². The molecular weight excluding hydrogens is 429 g/mol. The number of nitrogens with zero attached hydrogens (tertiary/aromatic N) is 3. The van der Waals surface area contributed by atoms with E-state index in [4.69, 9.17) is 4.74 Å². The Kier molecular flexibility index (Phi) is 11.9. The highest BCUT2D eigenvalue weighted by Gasteiger charge is 2.11. The fraction of sp³-hybridized carbons (Fsp3) is 0.778. The summed E-state index contributed by atoms with van der Waals surface area (Å²) in [6.07, 6.45) is 12.1. The smallest absolute Gasteiger partial charge is 0.191 e. The number of hydrogen-bond donors (Lipinski definition) is 2. The van der Waals surface area contributed by atoms with E-state index in [1.807, 2.05) is 17.1 Å². The first kappa shape index (κ1) is 22.2. The quantitative estimate of drug-likeness (QED) is 0.205. The number of guanidine groups is 1. The number of ether oxygens (including phenoxy) is 1. The molecule has 7 heteroatoms. The third kappa shape index (κ3) is 9.44. The van der Waals surface area contributed by atoms with E-state index in [1.165, 1.54) is 44.1 Å². The topological polar surface area (TPSA) is 63.5 Å². The molecule has 2 rings (SSSR count). The van der Waals surface area contributed by atoms with E-state index in [1.54, 1.807) is 0 Å². The van der Waals surface area contributed by atoms with Gasteiger partial charge >= 0.3 is 0 Å². The van der Waals surface area contributed by atoms with Crippen LogP contribution in [-0.4, -0.2) is 48.1 Å². The Bertz CT molecular complexity index is 484. The van der Waals surface area contributed by atoms with Gasteiger partial charge in [-0.1, -0.05) is 25.7 Å². The van der Waals surface area contributed by atoms with E-state index < -0.39 is 0 Å². The van der Waals surface area contributed by atoms with Gasteiger partial charge in [0.05, 0.1) is 32.0 Å². The molecule has 0 bridgehead atoms. The zero-order chi connectivity index (χ0) is 17.0. The molecule has 0 unspecified atom stereocenters. The second-order valence-electron chi connectivity index (χ2n) is 6.45. The molecular formula is C18H34IN5O. The molecule has 1 fully saturated rings. The van der Waals surface area contributed by atoms with Crippen LogP contribution in [-0.2, 0) is 11.3 Å². The molecule has 1 aliphatic carbocycles. The molecule has 0 atom stereocenters. The summed E-state index contributed by atoms with van der Waals surface area (Å²) in [5.41, 5.74) is 1.19. The van der Waals surface area contributed by atoms with Crippen LogP contribution in [0.1, 0.15) is 51.0 Å². The SMILES string of the molecule is CCNC(=NCCOC1CCCCCC1)NCCn1cc(C)cn1.I. The molecule has 0 amide bonds. The maximum atomic E-state index is 5.99. The van der Waals surface area contributed by atoms with Crippen molar-refractivity contribution in [2.45, 2.75) is 65.0 Å². The highest BCUT2D eigenvalue weighted by atomic mass is 127. The monoisotopic (exact) mass is 463 g/mol. The fourth-order valence-electron chi connectivity index (χ4n) is 3.01. The summed E-state index contributed by atoms with van der Waals surface area (Å²) in [6, 6.07) is 0. The molecule has 1 aromatic heterocycles. The second-order valence-corrected chi connectivity index (χ2v) is 6.45. The average Bonchev–Trinajstić information content (AvgIpc) is 2.83. The van der Waals surface area contributed by atoms with Gasteiger partial charge in [0.15, 0.2) is 5.96 Å². The van der Waals surface area contributed by atoms with Gasteiger partial charge in [0, 0.05) is 19.3 Å². The van der Waals surface area contributed by atoms with Crippen molar-refractivity contribution in [2.24, 2.45) is 4.99 Å². The Morgan fingerprint density at radius 2 is 2.04 bits per heavy atom. The van der Waals surface area contributed by atoms with E-state index in [2.05, 4.69) is 34.6 Å². The summed E-state index contributed by atoms with van der Waals surface area (Å²) in [4.78, 5) is 4.60. The Balaban J connectivity index is 0.00000312. The summed E-state index contributed by atoms with van der Waals surface area (Å²) >= 11 is 0. The molecule has 1 aromatic rings. The number of nitrogens with one attached hydrogen (secondary N) is 2. The molecule has 0 aliphatic heterocycles. The van der Waals surface area contributed by atoms with Crippen molar-refractivity contribution < 1.29 is 4.74 Å². The van der Waals surface area contributed by atoms with E-state index in [0.717, 1.165) is 25.6 Å². The average molecular weight is 463 g/mol. The molecule has 0 saturated heterocycles. The van der Waals surface area contributed by atoms with Crippen LogP contribution in [0.2, 0.25) is 0 Å². The van der Waals surface area contributed by atoms with Crippen LogP contribution in [0.4, 0.5) is 0 Å². The predicted octanol–water partition coefficient (Wildman–Crippen LogP) is 3.10. The van der Waals surface area contributed by atoms with Crippen molar-refractivity contribution >= 4 is 29.9 Å². The van der Waals surface area contributed by atoms with Gasteiger partial charge in [0.25, 0.3) is 0 Å². The van der Waals surface area contributed by atoms with Crippen LogP contribution in [0, 0.1) is 6.92 Å². The minimum atomic E-state index is 0. The maximum Gasteiger partial charge on any atom is 0.191 e. The lowest BCUT2D eigenvalue weighted by Crippen LogP contribution is -2.39. The Labute approximate surface area is 169 Å². The van der Waals surface area contributed by atoms with Crippen LogP contribution < -0.4 is 10.6 Å². The van der Waals surface area contributed by atoms with Gasteiger partial charge in [-0.05, 0) is 32.3 Å². The molecule has 6 nitrogen and oxygen atoms in total. The third-order valence-electron chi connectivity index (χ3n) is 4.26. The largest absolute Gasteiger partial charge is 0.376 e. The first-order valence-corrected chi connectivity index (χ1v) is 9.40. The summed E-state index contributed by atoms with van der Waals surface area (Å²) in [5.74, 6) is 0.853. The van der Waals surface area contributed by atoms with Gasteiger partial charge in [0.2, 0.25) is 0 Å². The number of aryl methyl sites for hydroxylation is 1. The minimum absolute atomic E-state index is 0. The van der Waals surface area contributed by atoms with Crippen LogP contribution >= 0.6 is 24.0 Å². The van der Waals surface area contributed by atoms with Crippen LogP contribution in [0.15, 0.2) is 17.4 Å².